The van der Waals surface area contributed by atoms with E-state index in [1.807, 2.05) is 0 Å². The van der Waals surface area contributed by atoms with Crippen LogP contribution < -0.4 is 5.32 Å². The van der Waals surface area contributed by atoms with E-state index in [-0.39, 0.29) is 12.1 Å². The maximum absolute atomic E-state index is 11.9. The fourth-order valence-corrected chi connectivity index (χ4v) is 1.81. The summed E-state index contributed by atoms with van der Waals surface area (Å²) in [5.74, 6) is -0.558. The first-order valence-electron chi connectivity index (χ1n) is 6.93. The quantitative estimate of drug-likeness (QED) is 0.507. The van der Waals surface area contributed by atoms with Crippen LogP contribution in [0.2, 0.25) is 0 Å². The molecule has 23 heavy (non-hydrogen) atoms. The number of nitrogens with one attached hydrogen (secondary N) is 1. The Morgan fingerprint density at radius 3 is 2.52 bits per heavy atom. The van der Waals surface area contributed by atoms with Crippen molar-refractivity contribution in [2.24, 2.45) is 0 Å². The first-order chi connectivity index (χ1) is 10.6. The number of nitro groups is 1. The number of carbonyl (C=O) groups excluding carboxylic acids is 2. The molecule has 1 amide bonds. The van der Waals surface area contributed by atoms with Gasteiger partial charge in [-0.15, -0.1) is 0 Å². The molecule has 1 N–H and O–H groups in total. The molecular formula is C15H20N2O6. The van der Waals surface area contributed by atoms with Crippen LogP contribution in [0.15, 0.2) is 24.3 Å². The van der Waals surface area contributed by atoms with Gasteiger partial charge in [0.15, 0.2) is 0 Å². The lowest BCUT2D eigenvalue weighted by molar-refractivity contribution is -0.384. The third-order valence-electron chi connectivity index (χ3n) is 2.77. The van der Waals surface area contributed by atoms with Crippen molar-refractivity contribution in [3.8, 4) is 0 Å². The van der Waals surface area contributed by atoms with Crippen LogP contribution in [0.5, 0.6) is 0 Å². The van der Waals surface area contributed by atoms with Crippen LogP contribution in [-0.4, -0.2) is 29.7 Å². The number of ether oxygens (including phenoxy) is 2. The van der Waals surface area contributed by atoms with Crippen molar-refractivity contribution < 1.29 is 24.0 Å². The average molecular weight is 324 g/mol. The fraction of sp³-hybridized carbons (Fsp3) is 0.467. The highest BCUT2D eigenvalue weighted by Crippen LogP contribution is 2.23. The van der Waals surface area contributed by atoms with Gasteiger partial charge in [-0.2, -0.15) is 0 Å². The Morgan fingerprint density at radius 2 is 2.00 bits per heavy atom. The number of carbonyl (C=O) groups is 2. The summed E-state index contributed by atoms with van der Waals surface area (Å²) < 4.78 is 9.74. The second kappa shape index (κ2) is 7.57. The number of nitrogens with zero attached hydrogens (tertiary/aromatic N) is 1. The van der Waals surface area contributed by atoms with E-state index in [0.717, 1.165) is 0 Å². The van der Waals surface area contributed by atoms with E-state index < -0.39 is 28.6 Å². The highest BCUT2D eigenvalue weighted by molar-refractivity contribution is 5.73. The molecule has 1 aromatic rings. The van der Waals surface area contributed by atoms with Gasteiger partial charge in [-0.25, -0.2) is 4.79 Å². The molecule has 0 saturated carbocycles. The molecule has 126 valence electrons. The lowest BCUT2D eigenvalue weighted by Gasteiger charge is -2.23. The minimum absolute atomic E-state index is 0.136. The molecule has 0 aliphatic rings. The molecule has 0 unspecified atom stereocenters. The summed E-state index contributed by atoms with van der Waals surface area (Å²) in [4.78, 5) is 33.8. The molecule has 0 spiro atoms. The predicted octanol–water partition coefficient (Wildman–Crippen LogP) is 2.72. The summed E-state index contributed by atoms with van der Waals surface area (Å²) in [6.45, 7) is 5.11. The molecule has 1 rings (SSSR count). The Kier molecular flexibility index (Phi) is 6.06. The first kappa shape index (κ1) is 18.4. The minimum atomic E-state index is -0.794. The number of amides is 1. The lowest BCUT2D eigenvalue weighted by atomic mass is 10.0. The molecule has 8 heteroatoms. The normalized spacial score (nSPS) is 12.2. The van der Waals surface area contributed by atoms with Crippen molar-refractivity contribution >= 4 is 17.7 Å². The highest BCUT2D eigenvalue weighted by atomic mass is 16.6. The Labute approximate surface area is 133 Å². The number of nitro benzene ring substituents is 1. The van der Waals surface area contributed by atoms with Crippen molar-refractivity contribution in [1.29, 1.82) is 0 Å². The van der Waals surface area contributed by atoms with Gasteiger partial charge in [0.05, 0.1) is 24.5 Å². The number of hydrogen-bond acceptors (Lipinski definition) is 6. The molecule has 0 aliphatic carbocycles. The molecule has 0 radical (unpaired) electrons. The Balaban J connectivity index is 3.00. The SMILES string of the molecule is COC(=O)C[C@H](NC(=O)OC(C)(C)C)c1cccc([N+](=O)[O-])c1. The van der Waals surface area contributed by atoms with Crippen LogP contribution in [0.1, 0.15) is 38.8 Å². The molecule has 0 aliphatic heterocycles. The van der Waals surface area contributed by atoms with Crippen LogP contribution in [0.25, 0.3) is 0 Å². The highest BCUT2D eigenvalue weighted by Gasteiger charge is 2.24. The predicted molar refractivity (Wildman–Crippen MR) is 81.8 cm³/mol. The topological polar surface area (TPSA) is 108 Å². The Bertz CT molecular complexity index is 594. The third kappa shape index (κ3) is 6.33. The van der Waals surface area contributed by atoms with Crippen LogP contribution in [0, 0.1) is 10.1 Å². The van der Waals surface area contributed by atoms with Gasteiger partial charge in [0.25, 0.3) is 5.69 Å². The van der Waals surface area contributed by atoms with Crippen molar-refractivity contribution in [2.75, 3.05) is 7.11 Å². The van der Waals surface area contributed by atoms with Gasteiger partial charge < -0.3 is 14.8 Å². The van der Waals surface area contributed by atoms with E-state index in [9.17, 15) is 19.7 Å². The van der Waals surface area contributed by atoms with E-state index >= 15 is 0 Å². The summed E-state index contributed by atoms with van der Waals surface area (Å²) >= 11 is 0. The van der Waals surface area contributed by atoms with Gasteiger partial charge in [-0.05, 0) is 26.3 Å². The van der Waals surface area contributed by atoms with Crippen LogP contribution >= 0.6 is 0 Å². The van der Waals surface area contributed by atoms with E-state index in [1.165, 1.54) is 25.3 Å². The van der Waals surface area contributed by atoms with Crippen molar-refractivity contribution in [3.63, 3.8) is 0 Å². The molecular weight excluding hydrogens is 304 g/mol. The van der Waals surface area contributed by atoms with Gasteiger partial charge in [0, 0.05) is 12.1 Å². The van der Waals surface area contributed by atoms with E-state index in [2.05, 4.69) is 10.1 Å². The number of esters is 1. The second-order valence-corrected chi connectivity index (χ2v) is 5.83. The number of hydrogen-bond donors (Lipinski definition) is 1. The van der Waals surface area contributed by atoms with E-state index in [1.54, 1.807) is 26.8 Å². The summed E-state index contributed by atoms with van der Waals surface area (Å²) in [6, 6.07) is 4.89. The summed E-state index contributed by atoms with van der Waals surface area (Å²) in [6.07, 6.45) is -0.894. The number of alkyl carbamates (subject to hydrolysis) is 1. The van der Waals surface area contributed by atoms with Gasteiger partial charge in [0.1, 0.15) is 5.60 Å². The molecule has 1 aromatic carbocycles. The zero-order valence-electron chi connectivity index (χ0n) is 13.5. The van der Waals surface area contributed by atoms with Crippen LogP contribution in [-0.2, 0) is 14.3 Å². The van der Waals surface area contributed by atoms with Gasteiger partial charge in [-0.1, -0.05) is 12.1 Å². The molecule has 0 heterocycles. The first-order valence-corrected chi connectivity index (χ1v) is 6.93. The monoisotopic (exact) mass is 324 g/mol. The minimum Gasteiger partial charge on any atom is -0.469 e. The number of rotatable bonds is 5. The maximum Gasteiger partial charge on any atom is 0.408 e. The van der Waals surface area contributed by atoms with Crippen molar-refractivity contribution in [2.45, 2.75) is 38.8 Å². The zero-order chi connectivity index (χ0) is 17.6. The van der Waals surface area contributed by atoms with E-state index in [4.69, 9.17) is 4.74 Å². The number of non-ortho nitro benzene ring substituents is 1. The standard InChI is InChI=1S/C15H20N2O6/c1-15(2,3)23-14(19)16-12(9-13(18)22-4)10-6-5-7-11(8-10)17(20)21/h5-8,12H,9H2,1-4H3,(H,16,19)/t12-/m0/s1. The number of benzene rings is 1. The van der Waals surface area contributed by atoms with Crippen molar-refractivity contribution in [1.82, 2.24) is 5.32 Å². The van der Waals surface area contributed by atoms with Gasteiger partial charge >= 0.3 is 12.1 Å². The largest absolute Gasteiger partial charge is 0.469 e. The smallest absolute Gasteiger partial charge is 0.408 e. The maximum atomic E-state index is 11.9. The molecule has 0 fully saturated rings. The van der Waals surface area contributed by atoms with Gasteiger partial charge in [-0.3, -0.25) is 14.9 Å². The summed E-state index contributed by atoms with van der Waals surface area (Å²) in [5.41, 5.74) is -0.429. The molecule has 8 nitrogen and oxygen atoms in total. The van der Waals surface area contributed by atoms with Crippen LogP contribution in [0.3, 0.4) is 0 Å². The molecule has 0 aromatic heterocycles. The fourth-order valence-electron chi connectivity index (χ4n) is 1.81. The summed E-state index contributed by atoms with van der Waals surface area (Å²) in [7, 11) is 1.22. The molecule has 0 bridgehead atoms. The molecule has 1 atom stereocenters. The van der Waals surface area contributed by atoms with Gasteiger partial charge in [0.2, 0.25) is 0 Å². The zero-order valence-corrected chi connectivity index (χ0v) is 13.5. The average Bonchev–Trinajstić information content (AvgIpc) is 2.44. The van der Waals surface area contributed by atoms with E-state index in [0.29, 0.717) is 5.56 Å². The third-order valence-corrected chi connectivity index (χ3v) is 2.77. The lowest BCUT2D eigenvalue weighted by Crippen LogP contribution is -2.36. The Morgan fingerprint density at radius 1 is 1.35 bits per heavy atom. The van der Waals surface area contributed by atoms with Crippen molar-refractivity contribution in [3.05, 3.63) is 39.9 Å². The summed E-state index contributed by atoms with van der Waals surface area (Å²) in [5, 5.41) is 13.4. The second-order valence-electron chi connectivity index (χ2n) is 5.83. The van der Waals surface area contributed by atoms with Crippen LogP contribution in [0.4, 0.5) is 10.5 Å². The number of methoxy groups -OCH3 is 1. The molecule has 0 saturated heterocycles. The Hall–Kier alpha value is -2.64.